The van der Waals surface area contributed by atoms with Crippen molar-refractivity contribution in [3.05, 3.63) is 12.2 Å². The molecule has 2 unspecified atom stereocenters. The number of carbonyl (C=O) groups excluding carboxylic acids is 1. The summed E-state index contributed by atoms with van der Waals surface area (Å²) in [4.78, 5) is 25.2. The number of carbonyl (C=O) groups is 2. The van der Waals surface area contributed by atoms with E-state index in [1.807, 2.05) is 19.2 Å². The summed E-state index contributed by atoms with van der Waals surface area (Å²) in [5.74, 6) is -1.76. The van der Waals surface area contributed by atoms with E-state index in [0.717, 1.165) is 12.8 Å². The summed E-state index contributed by atoms with van der Waals surface area (Å²) in [6, 6.07) is 0.336. The van der Waals surface area contributed by atoms with Crippen molar-refractivity contribution < 1.29 is 14.7 Å². The number of carboxylic acid groups (broad SMARTS) is 1. The Morgan fingerprint density at radius 3 is 2.24 bits per heavy atom. The second kappa shape index (κ2) is 4.90. The van der Waals surface area contributed by atoms with Crippen LogP contribution >= 0.6 is 0 Å². The van der Waals surface area contributed by atoms with E-state index in [1.165, 1.54) is 6.42 Å². The highest BCUT2D eigenvalue weighted by Gasteiger charge is 2.37. The van der Waals surface area contributed by atoms with Gasteiger partial charge in [0.2, 0.25) is 5.91 Å². The molecular formula is C13H19NO3. The quantitative estimate of drug-likeness (QED) is 0.759. The van der Waals surface area contributed by atoms with Crippen LogP contribution in [0.4, 0.5) is 0 Å². The number of nitrogens with zero attached hydrogens (tertiary/aromatic N) is 1. The molecule has 1 amide bonds. The molecule has 0 saturated heterocycles. The fraction of sp³-hybridized carbons (Fsp3) is 0.692. The molecule has 0 spiro atoms. The summed E-state index contributed by atoms with van der Waals surface area (Å²) < 4.78 is 0. The van der Waals surface area contributed by atoms with E-state index < -0.39 is 11.9 Å². The average Bonchev–Trinajstić information content (AvgIpc) is 2.25. The molecule has 0 aliphatic heterocycles. The predicted octanol–water partition coefficient (Wildman–Crippen LogP) is 1.66. The van der Waals surface area contributed by atoms with Gasteiger partial charge in [0.15, 0.2) is 0 Å². The molecule has 0 aromatic heterocycles. The zero-order valence-electron chi connectivity index (χ0n) is 10.1. The third kappa shape index (κ3) is 2.35. The van der Waals surface area contributed by atoms with Gasteiger partial charge in [-0.25, -0.2) is 0 Å². The molecule has 4 heteroatoms. The van der Waals surface area contributed by atoms with Gasteiger partial charge in [-0.1, -0.05) is 12.2 Å². The Balaban J connectivity index is 2.05. The SMILES string of the molecule is CN(C(=O)C1CC=CCC1C(=O)O)C1CCC1. The number of hydrogen-bond acceptors (Lipinski definition) is 2. The third-order valence-corrected chi connectivity index (χ3v) is 4.04. The third-order valence-electron chi connectivity index (χ3n) is 4.04. The normalized spacial score (nSPS) is 28.5. The predicted molar refractivity (Wildman–Crippen MR) is 63.4 cm³/mol. The van der Waals surface area contributed by atoms with Crippen molar-refractivity contribution in [1.29, 1.82) is 0 Å². The molecule has 0 bridgehead atoms. The highest BCUT2D eigenvalue weighted by Crippen LogP contribution is 2.31. The fourth-order valence-corrected chi connectivity index (χ4v) is 2.58. The molecule has 1 saturated carbocycles. The Morgan fingerprint density at radius 2 is 1.76 bits per heavy atom. The van der Waals surface area contributed by atoms with E-state index in [1.54, 1.807) is 4.90 Å². The summed E-state index contributed by atoms with van der Waals surface area (Å²) >= 11 is 0. The average molecular weight is 237 g/mol. The van der Waals surface area contributed by atoms with Crippen LogP contribution in [-0.4, -0.2) is 35.0 Å². The molecule has 0 heterocycles. The van der Waals surface area contributed by atoms with Crippen LogP contribution in [-0.2, 0) is 9.59 Å². The van der Waals surface area contributed by atoms with Gasteiger partial charge in [-0.15, -0.1) is 0 Å². The van der Waals surface area contributed by atoms with Crippen molar-refractivity contribution in [3.63, 3.8) is 0 Å². The Labute approximate surface area is 101 Å². The molecule has 2 rings (SSSR count). The summed E-state index contributed by atoms with van der Waals surface area (Å²) in [5, 5.41) is 9.14. The molecule has 0 aromatic rings. The largest absolute Gasteiger partial charge is 0.481 e. The molecule has 0 radical (unpaired) electrons. The Bertz CT molecular complexity index is 347. The standard InChI is InChI=1S/C13H19NO3/c1-14(9-5-4-6-9)12(15)10-7-2-3-8-11(10)13(16)17/h2-3,9-11H,4-8H2,1H3,(H,16,17). The van der Waals surface area contributed by atoms with Gasteiger partial charge >= 0.3 is 5.97 Å². The Hall–Kier alpha value is -1.32. The molecule has 1 N–H and O–H groups in total. The van der Waals surface area contributed by atoms with Crippen molar-refractivity contribution in [2.75, 3.05) is 7.05 Å². The lowest BCUT2D eigenvalue weighted by atomic mass is 9.81. The van der Waals surface area contributed by atoms with Crippen LogP contribution in [0.25, 0.3) is 0 Å². The van der Waals surface area contributed by atoms with Crippen LogP contribution in [0, 0.1) is 11.8 Å². The van der Waals surface area contributed by atoms with Gasteiger partial charge < -0.3 is 10.0 Å². The van der Waals surface area contributed by atoms with Crippen LogP contribution in [0.3, 0.4) is 0 Å². The Morgan fingerprint density at radius 1 is 1.18 bits per heavy atom. The topological polar surface area (TPSA) is 57.6 Å². The van der Waals surface area contributed by atoms with Crippen molar-refractivity contribution in [3.8, 4) is 0 Å². The minimum Gasteiger partial charge on any atom is -0.481 e. The molecule has 1 fully saturated rings. The Kier molecular flexibility index (Phi) is 3.50. The number of aliphatic carboxylic acids is 1. The minimum absolute atomic E-state index is 0.00597. The molecule has 94 valence electrons. The number of rotatable bonds is 3. The van der Waals surface area contributed by atoms with Crippen LogP contribution in [0.2, 0.25) is 0 Å². The number of amides is 1. The van der Waals surface area contributed by atoms with Crippen molar-refractivity contribution in [1.82, 2.24) is 4.90 Å². The lowest BCUT2D eigenvalue weighted by Crippen LogP contribution is -2.47. The molecule has 2 aliphatic rings. The molecule has 2 atom stereocenters. The van der Waals surface area contributed by atoms with E-state index in [2.05, 4.69) is 0 Å². The van der Waals surface area contributed by atoms with Crippen molar-refractivity contribution in [2.45, 2.75) is 38.1 Å². The van der Waals surface area contributed by atoms with Crippen molar-refractivity contribution >= 4 is 11.9 Å². The van der Waals surface area contributed by atoms with Gasteiger partial charge in [-0.3, -0.25) is 9.59 Å². The van der Waals surface area contributed by atoms with E-state index in [0.29, 0.717) is 18.9 Å². The zero-order chi connectivity index (χ0) is 12.4. The molecule has 0 aromatic carbocycles. The first-order valence-corrected chi connectivity index (χ1v) is 6.25. The van der Waals surface area contributed by atoms with Gasteiger partial charge in [0, 0.05) is 13.1 Å². The monoisotopic (exact) mass is 237 g/mol. The maximum Gasteiger partial charge on any atom is 0.307 e. The van der Waals surface area contributed by atoms with E-state index >= 15 is 0 Å². The van der Waals surface area contributed by atoms with Gasteiger partial charge in [0.1, 0.15) is 0 Å². The second-order valence-corrected chi connectivity index (χ2v) is 5.03. The summed E-state index contributed by atoms with van der Waals surface area (Å²) in [6.07, 6.45) is 8.12. The first-order valence-electron chi connectivity index (χ1n) is 6.25. The fourth-order valence-electron chi connectivity index (χ4n) is 2.58. The summed E-state index contributed by atoms with van der Waals surface area (Å²) in [6.45, 7) is 0. The molecule has 17 heavy (non-hydrogen) atoms. The smallest absolute Gasteiger partial charge is 0.307 e. The number of allylic oxidation sites excluding steroid dienone is 2. The summed E-state index contributed by atoms with van der Waals surface area (Å²) in [7, 11) is 1.81. The zero-order valence-corrected chi connectivity index (χ0v) is 10.1. The maximum absolute atomic E-state index is 12.3. The summed E-state index contributed by atoms with van der Waals surface area (Å²) in [5.41, 5.74) is 0. The lowest BCUT2D eigenvalue weighted by molar-refractivity contribution is -0.151. The van der Waals surface area contributed by atoms with Crippen LogP contribution < -0.4 is 0 Å². The van der Waals surface area contributed by atoms with E-state index in [9.17, 15) is 9.59 Å². The van der Waals surface area contributed by atoms with Crippen LogP contribution in [0.15, 0.2) is 12.2 Å². The first-order chi connectivity index (χ1) is 8.11. The lowest BCUT2D eigenvalue weighted by Gasteiger charge is -2.38. The molecule has 2 aliphatic carbocycles. The highest BCUT2D eigenvalue weighted by atomic mass is 16.4. The maximum atomic E-state index is 12.3. The minimum atomic E-state index is -0.852. The van der Waals surface area contributed by atoms with Gasteiger partial charge in [0.05, 0.1) is 11.8 Å². The van der Waals surface area contributed by atoms with E-state index in [-0.39, 0.29) is 11.8 Å². The number of hydrogen-bond donors (Lipinski definition) is 1. The molecule has 4 nitrogen and oxygen atoms in total. The van der Waals surface area contributed by atoms with Gasteiger partial charge in [-0.05, 0) is 32.1 Å². The van der Waals surface area contributed by atoms with Gasteiger partial charge in [0.25, 0.3) is 0 Å². The highest BCUT2D eigenvalue weighted by molar-refractivity contribution is 5.85. The van der Waals surface area contributed by atoms with Gasteiger partial charge in [-0.2, -0.15) is 0 Å². The van der Waals surface area contributed by atoms with Crippen LogP contribution in [0.5, 0.6) is 0 Å². The van der Waals surface area contributed by atoms with Crippen LogP contribution in [0.1, 0.15) is 32.1 Å². The van der Waals surface area contributed by atoms with Crippen molar-refractivity contribution in [2.24, 2.45) is 11.8 Å². The second-order valence-electron chi connectivity index (χ2n) is 5.03. The first kappa shape index (κ1) is 12.1. The number of carboxylic acids is 1. The van der Waals surface area contributed by atoms with E-state index in [4.69, 9.17) is 5.11 Å². The molecular weight excluding hydrogens is 218 g/mol.